The van der Waals surface area contributed by atoms with E-state index in [-0.39, 0.29) is 5.92 Å². The molecule has 0 spiro atoms. The molecule has 3 nitrogen and oxygen atoms in total. The first-order valence-electron chi connectivity index (χ1n) is 5.56. The monoisotopic (exact) mass is 252 g/mol. The van der Waals surface area contributed by atoms with Gasteiger partial charge in [0.2, 0.25) is 0 Å². The normalized spacial score (nSPS) is 19.4. The summed E-state index contributed by atoms with van der Waals surface area (Å²) in [5, 5.41) is 0. The van der Waals surface area contributed by atoms with Gasteiger partial charge in [0.05, 0.1) is 20.0 Å². The van der Waals surface area contributed by atoms with Crippen molar-refractivity contribution in [3.63, 3.8) is 0 Å². The molecule has 1 unspecified atom stereocenters. The van der Waals surface area contributed by atoms with E-state index in [0.717, 1.165) is 29.2 Å². The van der Waals surface area contributed by atoms with E-state index >= 15 is 0 Å². The fourth-order valence-electron chi connectivity index (χ4n) is 1.98. The number of methoxy groups -OCH3 is 2. The molecule has 0 aliphatic carbocycles. The van der Waals surface area contributed by atoms with Crippen molar-refractivity contribution in [1.29, 1.82) is 0 Å². The lowest BCUT2D eigenvalue weighted by Crippen LogP contribution is -2.14. The molecule has 1 saturated heterocycles. The van der Waals surface area contributed by atoms with Crippen LogP contribution in [-0.2, 0) is 11.2 Å². The highest BCUT2D eigenvalue weighted by atomic mass is 32.2. The number of ether oxygens (including phenoxy) is 2. The zero-order valence-electron chi connectivity index (χ0n) is 10.1. The number of benzene rings is 1. The Kier molecular flexibility index (Phi) is 3.94. The van der Waals surface area contributed by atoms with Crippen LogP contribution in [-0.4, -0.2) is 31.5 Å². The molecule has 17 heavy (non-hydrogen) atoms. The molecule has 0 bridgehead atoms. The van der Waals surface area contributed by atoms with Crippen LogP contribution in [0.4, 0.5) is 0 Å². The van der Waals surface area contributed by atoms with Gasteiger partial charge in [-0.05, 0) is 24.1 Å². The Balaban J connectivity index is 2.13. The van der Waals surface area contributed by atoms with Crippen molar-refractivity contribution in [1.82, 2.24) is 0 Å². The van der Waals surface area contributed by atoms with Crippen LogP contribution in [0, 0.1) is 5.92 Å². The van der Waals surface area contributed by atoms with Crippen LogP contribution in [0.1, 0.15) is 5.56 Å². The molecule has 0 aromatic heterocycles. The maximum atomic E-state index is 11.6. The molecule has 4 heteroatoms. The molecule has 0 saturated carbocycles. The first-order valence-corrected chi connectivity index (χ1v) is 6.71. The Morgan fingerprint density at radius 2 is 2.06 bits per heavy atom. The number of ketones is 1. The first-order chi connectivity index (χ1) is 8.24. The molecule has 1 aliphatic heterocycles. The SMILES string of the molecule is COc1ccc(CC2CSCC2=O)cc1OC. The summed E-state index contributed by atoms with van der Waals surface area (Å²) in [6.07, 6.45) is 0.798. The van der Waals surface area contributed by atoms with E-state index in [0.29, 0.717) is 11.5 Å². The molecular weight excluding hydrogens is 236 g/mol. The second-order valence-corrected chi connectivity index (χ2v) is 5.10. The van der Waals surface area contributed by atoms with Gasteiger partial charge in [-0.1, -0.05) is 6.07 Å². The fraction of sp³-hybridized carbons (Fsp3) is 0.462. The van der Waals surface area contributed by atoms with Gasteiger partial charge in [-0.2, -0.15) is 11.8 Å². The highest BCUT2D eigenvalue weighted by Crippen LogP contribution is 2.30. The molecule has 1 heterocycles. The lowest BCUT2D eigenvalue weighted by atomic mass is 9.98. The van der Waals surface area contributed by atoms with Gasteiger partial charge in [0.1, 0.15) is 5.78 Å². The number of carbonyl (C=O) groups is 1. The molecule has 0 radical (unpaired) electrons. The van der Waals surface area contributed by atoms with Crippen LogP contribution in [0.3, 0.4) is 0 Å². The number of thioether (sulfide) groups is 1. The predicted octanol–water partition coefficient (Wildman–Crippen LogP) is 2.18. The maximum Gasteiger partial charge on any atom is 0.160 e. The lowest BCUT2D eigenvalue weighted by Gasteiger charge is -2.11. The van der Waals surface area contributed by atoms with Crippen LogP contribution in [0.5, 0.6) is 11.5 Å². The summed E-state index contributed by atoms with van der Waals surface area (Å²) in [5.41, 5.74) is 1.13. The van der Waals surface area contributed by atoms with E-state index in [4.69, 9.17) is 9.47 Å². The van der Waals surface area contributed by atoms with Gasteiger partial charge in [-0.25, -0.2) is 0 Å². The Morgan fingerprint density at radius 3 is 2.65 bits per heavy atom. The lowest BCUT2D eigenvalue weighted by molar-refractivity contribution is -0.119. The fourth-order valence-corrected chi connectivity index (χ4v) is 3.12. The minimum atomic E-state index is 0.165. The topological polar surface area (TPSA) is 35.5 Å². The minimum Gasteiger partial charge on any atom is -0.493 e. The van der Waals surface area contributed by atoms with Crippen LogP contribution < -0.4 is 9.47 Å². The third-order valence-electron chi connectivity index (χ3n) is 2.95. The number of hydrogen-bond acceptors (Lipinski definition) is 4. The van der Waals surface area contributed by atoms with Crippen molar-refractivity contribution in [3.05, 3.63) is 23.8 Å². The molecule has 1 atom stereocenters. The van der Waals surface area contributed by atoms with E-state index in [1.54, 1.807) is 26.0 Å². The summed E-state index contributed by atoms with van der Waals surface area (Å²) in [4.78, 5) is 11.6. The average Bonchev–Trinajstić information content (AvgIpc) is 2.75. The zero-order valence-corrected chi connectivity index (χ0v) is 10.9. The van der Waals surface area contributed by atoms with E-state index in [1.807, 2.05) is 18.2 Å². The largest absolute Gasteiger partial charge is 0.493 e. The van der Waals surface area contributed by atoms with Crippen molar-refractivity contribution in [2.45, 2.75) is 6.42 Å². The standard InChI is InChI=1S/C13H16O3S/c1-15-12-4-3-9(6-13(12)16-2)5-10-7-17-8-11(10)14/h3-4,6,10H,5,7-8H2,1-2H3. The zero-order chi connectivity index (χ0) is 12.3. The quantitative estimate of drug-likeness (QED) is 0.823. The van der Waals surface area contributed by atoms with Gasteiger partial charge in [-0.15, -0.1) is 0 Å². The van der Waals surface area contributed by atoms with Gasteiger partial charge in [0.15, 0.2) is 11.5 Å². The van der Waals surface area contributed by atoms with Gasteiger partial charge in [0.25, 0.3) is 0 Å². The van der Waals surface area contributed by atoms with Crippen LogP contribution in [0.15, 0.2) is 18.2 Å². The Hall–Kier alpha value is -1.16. The predicted molar refractivity (Wildman–Crippen MR) is 69.1 cm³/mol. The molecular formula is C13H16O3S. The van der Waals surface area contributed by atoms with Crippen LogP contribution in [0.2, 0.25) is 0 Å². The average molecular weight is 252 g/mol. The highest BCUT2D eigenvalue weighted by molar-refractivity contribution is 8.00. The summed E-state index contributed by atoms with van der Waals surface area (Å²) in [6.45, 7) is 0. The summed E-state index contributed by atoms with van der Waals surface area (Å²) in [6, 6.07) is 5.84. The van der Waals surface area contributed by atoms with Gasteiger partial charge >= 0.3 is 0 Å². The third kappa shape index (κ3) is 2.75. The number of carbonyl (C=O) groups excluding carboxylic acids is 1. The maximum absolute atomic E-state index is 11.6. The first kappa shape index (κ1) is 12.3. The van der Waals surface area contributed by atoms with E-state index < -0.39 is 0 Å². The van der Waals surface area contributed by atoms with Gasteiger partial charge < -0.3 is 9.47 Å². The molecule has 1 aliphatic rings. The molecule has 0 amide bonds. The van der Waals surface area contributed by atoms with Crippen molar-refractivity contribution in [2.75, 3.05) is 25.7 Å². The number of hydrogen-bond donors (Lipinski definition) is 0. The molecule has 1 aromatic rings. The van der Waals surface area contributed by atoms with Crippen molar-refractivity contribution in [3.8, 4) is 11.5 Å². The Labute approximate surface area is 105 Å². The Bertz CT molecular complexity index is 417. The smallest absolute Gasteiger partial charge is 0.160 e. The number of rotatable bonds is 4. The van der Waals surface area contributed by atoms with Crippen molar-refractivity contribution >= 4 is 17.5 Å². The second-order valence-electron chi connectivity index (χ2n) is 4.07. The molecule has 0 N–H and O–H groups in total. The summed E-state index contributed by atoms with van der Waals surface area (Å²) >= 11 is 1.72. The number of Topliss-reactive ketones (excluding diaryl/α,β-unsaturated/α-hetero) is 1. The van der Waals surface area contributed by atoms with E-state index in [9.17, 15) is 4.79 Å². The van der Waals surface area contributed by atoms with Crippen molar-refractivity contribution in [2.24, 2.45) is 5.92 Å². The van der Waals surface area contributed by atoms with Crippen LogP contribution >= 0.6 is 11.8 Å². The minimum absolute atomic E-state index is 0.165. The van der Waals surface area contributed by atoms with E-state index in [1.165, 1.54) is 0 Å². The summed E-state index contributed by atoms with van der Waals surface area (Å²) in [5.74, 6) is 3.58. The van der Waals surface area contributed by atoms with Gasteiger partial charge in [-0.3, -0.25) is 4.79 Å². The highest BCUT2D eigenvalue weighted by Gasteiger charge is 2.25. The van der Waals surface area contributed by atoms with E-state index in [2.05, 4.69) is 0 Å². The summed E-state index contributed by atoms with van der Waals surface area (Å²) < 4.78 is 10.4. The van der Waals surface area contributed by atoms with Crippen LogP contribution in [0.25, 0.3) is 0 Å². The van der Waals surface area contributed by atoms with Gasteiger partial charge in [0, 0.05) is 11.7 Å². The second kappa shape index (κ2) is 5.45. The molecule has 2 rings (SSSR count). The molecule has 1 fully saturated rings. The summed E-state index contributed by atoms with van der Waals surface area (Å²) in [7, 11) is 3.24. The van der Waals surface area contributed by atoms with Crippen molar-refractivity contribution < 1.29 is 14.3 Å². The molecule has 92 valence electrons. The third-order valence-corrected chi connectivity index (χ3v) is 4.08. The Morgan fingerprint density at radius 1 is 1.29 bits per heavy atom. The molecule has 1 aromatic carbocycles.